The molecule has 348 valence electrons. The van der Waals surface area contributed by atoms with Gasteiger partial charge in [-0.15, -0.1) is 0 Å². The van der Waals surface area contributed by atoms with Crippen LogP contribution in [0.3, 0.4) is 0 Å². The molecule has 0 aromatic heterocycles. The fourth-order valence-electron chi connectivity index (χ4n) is 20.4. The lowest BCUT2D eigenvalue weighted by Crippen LogP contribution is -2.49. The number of hydrogen-bond acceptors (Lipinski definition) is 0. The van der Waals surface area contributed by atoms with E-state index < -0.39 is 0 Å². The van der Waals surface area contributed by atoms with Crippen molar-refractivity contribution in [1.82, 2.24) is 0 Å². The quantitative estimate of drug-likeness (QED) is 0.214. The van der Waals surface area contributed by atoms with Crippen LogP contribution in [-0.4, -0.2) is 0 Å². The van der Waals surface area contributed by atoms with Crippen molar-refractivity contribution in [2.45, 2.75) is 257 Å². The number of allylic oxidation sites excluding steroid dienone is 4. The Morgan fingerprint density at radius 2 is 0.484 bits per heavy atom. The molecule has 62 heavy (non-hydrogen) atoms. The van der Waals surface area contributed by atoms with E-state index in [-0.39, 0.29) is 0 Å². The van der Waals surface area contributed by atoms with Gasteiger partial charge in [-0.1, -0.05) is 100 Å². The van der Waals surface area contributed by atoms with Gasteiger partial charge in [0.15, 0.2) is 0 Å². The van der Waals surface area contributed by atoms with Gasteiger partial charge in [0.2, 0.25) is 0 Å². The molecule has 0 saturated heterocycles. The van der Waals surface area contributed by atoms with Crippen molar-refractivity contribution in [3.05, 3.63) is 23.3 Å². The molecule has 0 nitrogen and oxygen atoms in total. The lowest BCUT2D eigenvalue weighted by molar-refractivity contribution is -0.0788. The number of fused-ring (bicyclic) bond motifs is 6. The molecule has 0 aliphatic heterocycles. The highest BCUT2D eigenvalue weighted by Crippen LogP contribution is 2.62. The topological polar surface area (TPSA) is 0 Å². The highest BCUT2D eigenvalue weighted by molar-refractivity contribution is 5.16. The summed E-state index contributed by atoms with van der Waals surface area (Å²) in [4.78, 5) is 0. The van der Waals surface area contributed by atoms with E-state index in [0.29, 0.717) is 0 Å². The monoisotopic (exact) mass is 845 g/mol. The van der Waals surface area contributed by atoms with Crippen LogP contribution in [0.5, 0.6) is 0 Å². The van der Waals surface area contributed by atoms with E-state index in [1.807, 2.05) is 11.1 Å². The van der Waals surface area contributed by atoms with Crippen molar-refractivity contribution in [1.29, 1.82) is 0 Å². The Morgan fingerprint density at radius 1 is 0.210 bits per heavy atom. The Morgan fingerprint density at radius 3 is 0.806 bits per heavy atom. The standard InChI is InChI=1S/C62H100/c1-5-13-47(14-6-1)59(48-15-7-2-8-16-48)37-43-21-25-45(26-22-43)51-33-35-57-53(39-51)29-31-55-42-62-56(41-61(55)57)32-30-54-40-52(34-36-58(54)62)46-27-23-44(24-28-46)38-60(49-17-9-3-10-18-49)50-19-11-4-12-20-50/h37-38,43-58,61-62H,1-36,39-42H2. The fourth-order valence-corrected chi connectivity index (χ4v) is 20.4. The molecule has 0 spiro atoms. The van der Waals surface area contributed by atoms with Crippen LogP contribution in [0.15, 0.2) is 23.3 Å². The molecule has 10 unspecified atom stereocenters. The minimum atomic E-state index is 0.926. The normalized spacial score (nSPS) is 44.2. The predicted molar refractivity (Wildman–Crippen MR) is 264 cm³/mol. The largest absolute Gasteiger partial charge is 0.0817 e. The lowest BCUT2D eigenvalue weighted by Gasteiger charge is -2.58. The number of rotatable bonds is 8. The van der Waals surface area contributed by atoms with Crippen molar-refractivity contribution < 1.29 is 0 Å². The SMILES string of the molecule is C(=C(C1CCCCC1)C1CCCCC1)C1CCC(C2CCC3C(CCC4CC5C(CCC6CC(C7CCC(C=C(C8CCCCC8)C8CCCCC8)CC7)CCC65)CC43)C2)CC1. The smallest absolute Gasteiger partial charge is 0.0200 e. The van der Waals surface area contributed by atoms with Gasteiger partial charge in [-0.05, 0) is 286 Å². The van der Waals surface area contributed by atoms with Crippen LogP contribution in [0.4, 0.5) is 0 Å². The van der Waals surface area contributed by atoms with E-state index in [4.69, 9.17) is 0 Å². The lowest BCUT2D eigenvalue weighted by atomic mass is 9.48. The molecule has 0 heteroatoms. The Bertz CT molecular complexity index is 1290. The van der Waals surface area contributed by atoms with Gasteiger partial charge in [-0.25, -0.2) is 0 Å². The van der Waals surface area contributed by atoms with E-state index in [1.165, 1.54) is 154 Å². The molecule has 0 N–H and O–H groups in total. The van der Waals surface area contributed by atoms with Crippen LogP contribution in [0.1, 0.15) is 257 Å². The van der Waals surface area contributed by atoms with E-state index in [2.05, 4.69) is 12.2 Å². The molecule has 11 rings (SSSR count). The van der Waals surface area contributed by atoms with Gasteiger partial charge in [0.05, 0.1) is 0 Å². The molecule has 10 atom stereocenters. The average Bonchev–Trinajstić information content (AvgIpc) is 3.35. The van der Waals surface area contributed by atoms with Crippen LogP contribution in [0.25, 0.3) is 0 Å². The zero-order valence-corrected chi connectivity index (χ0v) is 40.8. The van der Waals surface area contributed by atoms with Gasteiger partial charge in [0, 0.05) is 0 Å². The molecule has 11 aliphatic carbocycles. The van der Waals surface area contributed by atoms with Crippen molar-refractivity contribution in [3.63, 3.8) is 0 Å². The zero-order chi connectivity index (χ0) is 41.2. The predicted octanol–water partition coefficient (Wildman–Crippen LogP) is 18.7. The molecule has 0 aromatic carbocycles. The van der Waals surface area contributed by atoms with Gasteiger partial charge in [0.25, 0.3) is 0 Å². The van der Waals surface area contributed by atoms with E-state index in [1.54, 1.807) is 103 Å². The Balaban J connectivity index is 0.645. The van der Waals surface area contributed by atoms with Crippen molar-refractivity contribution in [2.24, 2.45) is 107 Å². The summed E-state index contributed by atoms with van der Waals surface area (Å²) in [5, 5.41) is 0. The highest BCUT2D eigenvalue weighted by atomic mass is 14.6. The summed E-state index contributed by atoms with van der Waals surface area (Å²) in [6.07, 6.45) is 68.3. The van der Waals surface area contributed by atoms with E-state index in [0.717, 1.165) is 107 Å². The van der Waals surface area contributed by atoms with Crippen LogP contribution >= 0.6 is 0 Å². The maximum Gasteiger partial charge on any atom is -0.0200 e. The molecular formula is C62H100. The molecular weight excluding hydrogens is 745 g/mol. The van der Waals surface area contributed by atoms with Gasteiger partial charge in [-0.2, -0.15) is 0 Å². The molecule has 0 amide bonds. The minimum Gasteiger partial charge on any atom is -0.0817 e. The van der Waals surface area contributed by atoms with Gasteiger partial charge >= 0.3 is 0 Å². The zero-order valence-electron chi connectivity index (χ0n) is 40.8. The van der Waals surface area contributed by atoms with Crippen LogP contribution in [0.2, 0.25) is 0 Å². The average molecular weight is 845 g/mol. The van der Waals surface area contributed by atoms with Crippen molar-refractivity contribution in [3.8, 4) is 0 Å². The van der Waals surface area contributed by atoms with Gasteiger partial charge < -0.3 is 0 Å². The van der Waals surface area contributed by atoms with Crippen LogP contribution in [-0.2, 0) is 0 Å². The summed E-state index contributed by atoms with van der Waals surface area (Å²) in [5.41, 5.74) is 4.02. The van der Waals surface area contributed by atoms with E-state index in [9.17, 15) is 0 Å². The van der Waals surface area contributed by atoms with Crippen LogP contribution in [0, 0.1) is 107 Å². The molecule has 0 aromatic rings. The number of hydrogen-bond donors (Lipinski definition) is 0. The third-order valence-electron chi connectivity index (χ3n) is 23.6. The second-order valence-electron chi connectivity index (χ2n) is 26.5. The Labute approximate surface area is 385 Å². The second-order valence-corrected chi connectivity index (χ2v) is 26.5. The van der Waals surface area contributed by atoms with E-state index >= 15 is 0 Å². The minimum absolute atomic E-state index is 0.926. The summed E-state index contributed by atoms with van der Waals surface area (Å²) in [7, 11) is 0. The molecule has 0 heterocycles. The van der Waals surface area contributed by atoms with Crippen LogP contribution < -0.4 is 0 Å². The van der Waals surface area contributed by atoms with Crippen molar-refractivity contribution in [2.75, 3.05) is 0 Å². The maximum atomic E-state index is 2.98. The first-order valence-electron chi connectivity index (χ1n) is 30.1. The molecule has 11 saturated carbocycles. The third-order valence-corrected chi connectivity index (χ3v) is 23.6. The molecule has 11 aliphatic rings. The summed E-state index contributed by atoms with van der Waals surface area (Å²) in [6.45, 7) is 0. The molecule has 0 radical (unpaired) electrons. The third kappa shape index (κ3) is 9.88. The summed E-state index contributed by atoms with van der Waals surface area (Å²) >= 11 is 0. The molecule has 0 bridgehead atoms. The first kappa shape index (κ1) is 44.0. The van der Waals surface area contributed by atoms with Gasteiger partial charge in [0.1, 0.15) is 0 Å². The fraction of sp³-hybridized carbons (Fsp3) is 0.935. The second kappa shape index (κ2) is 20.8. The van der Waals surface area contributed by atoms with Gasteiger partial charge in [-0.3, -0.25) is 0 Å². The summed E-state index contributed by atoms with van der Waals surface area (Å²) in [6, 6.07) is 0. The van der Waals surface area contributed by atoms with Crippen molar-refractivity contribution >= 4 is 0 Å². The Kier molecular flexibility index (Phi) is 14.7. The molecule has 11 fully saturated rings. The maximum absolute atomic E-state index is 2.98. The Hall–Kier alpha value is -0.520. The highest BCUT2D eigenvalue weighted by Gasteiger charge is 2.52. The first-order valence-corrected chi connectivity index (χ1v) is 30.1. The summed E-state index contributed by atoms with van der Waals surface area (Å²) < 4.78 is 0. The summed E-state index contributed by atoms with van der Waals surface area (Å²) in [5.74, 6) is 19.0. The first-order chi connectivity index (χ1) is 30.7.